The Morgan fingerprint density at radius 2 is 1.50 bits per heavy atom. The minimum Gasteiger partial charge on any atom is -0.430 e. The molecule has 0 aliphatic heterocycles. The molecule has 0 saturated heterocycles. The van der Waals surface area contributed by atoms with Crippen molar-refractivity contribution in [1.82, 2.24) is 4.90 Å². The van der Waals surface area contributed by atoms with Crippen molar-refractivity contribution < 1.29 is 9.47 Å². The molecule has 1 aromatic rings. The molecule has 0 aliphatic carbocycles. The van der Waals surface area contributed by atoms with Gasteiger partial charge in [0.2, 0.25) is 0 Å². The summed E-state index contributed by atoms with van der Waals surface area (Å²) < 4.78 is 10.4. The van der Waals surface area contributed by atoms with Gasteiger partial charge in [-0.05, 0) is 5.56 Å². The molecule has 0 heterocycles. The van der Waals surface area contributed by atoms with Gasteiger partial charge in [-0.25, -0.2) is 4.90 Å². The smallest absolute Gasteiger partial charge is 0.156 e. The van der Waals surface area contributed by atoms with Crippen LogP contribution in [0.25, 0.3) is 0 Å². The van der Waals surface area contributed by atoms with E-state index in [0.717, 1.165) is 6.54 Å². The highest BCUT2D eigenvalue weighted by molar-refractivity contribution is 5.14. The van der Waals surface area contributed by atoms with Crippen molar-refractivity contribution in [3.8, 4) is 24.1 Å². The minimum absolute atomic E-state index is 0.390. The monoisotopic (exact) mass is 243 g/mol. The third-order valence-electron chi connectivity index (χ3n) is 2.09. The van der Waals surface area contributed by atoms with Gasteiger partial charge in [0, 0.05) is 20.4 Å². The van der Waals surface area contributed by atoms with Gasteiger partial charge in [0.25, 0.3) is 0 Å². The summed E-state index contributed by atoms with van der Waals surface area (Å²) in [6, 6.07) is 10.1. The topological polar surface area (TPSA) is 21.7 Å². The normalized spacial score (nSPS) is 8.83. The van der Waals surface area contributed by atoms with Gasteiger partial charge < -0.3 is 9.47 Å². The molecule has 3 nitrogen and oxygen atoms in total. The highest BCUT2D eigenvalue weighted by Crippen LogP contribution is 2.04. The first-order chi connectivity index (χ1) is 8.86. The number of nitrogens with zero attached hydrogens (tertiary/aromatic N) is 1. The molecule has 0 unspecified atom stereocenters. The van der Waals surface area contributed by atoms with Crippen LogP contribution in [0.1, 0.15) is 19.4 Å². The van der Waals surface area contributed by atoms with E-state index < -0.39 is 0 Å². The van der Waals surface area contributed by atoms with Gasteiger partial charge in [-0.2, -0.15) is 0 Å². The number of hydrogen-bond donors (Lipinski definition) is 0. The summed E-state index contributed by atoms with van der Waals surface area (Å²) in [5, 5.41) is 0. The van der Waals surface area contributed by atoms with E-state index in [0.29, 0.717) is 13.5 Å². The SMILES string of the molecule is CC#COCN(COC#CC)Cc1ccccc1. The van der Waals surface area contributed by atoms with Crippen molar-refractivity contribution in [3.63, 3.8) is 0 Å². The zero-order valence-electron chi connectivity index (χ0n) is 10.8. The molecule has 0 amide bonds. The molecule has 0 aliphatic rings. The second-order valence-electron chi connectivity index (χ2n) is 3.57. The van der Waals surface area contributed by atoms with Gasteiger partial charge >= 0.3 is 0 Å². The molecule has 18 heavy (non-hydrogen) atoms. The van der Waals surface area contributed by atoms with Crippen LogP contribution in [-0.4, -0.2) is 18.4 Å². The van der Waals surface area contributed by atoms with Crippen molar-refractivity contribution in [1.29, 1.82) is 0 Å². The molecule has 0 radical (unpaired) electrons. The molecular formula is C15H17NO2. The maximum absolute atomic E-state index is 5.18. The Balaban J connectivity index is 2.51. The molecule has 0 spiro atoms. The molecule has 0 bridgehead atoms. The van der Waals surface area contributed by atoms with Crippen molar-refractivity contribution in [2.75, 3.05) is 13.5 Å². The molecule has 0 N–H and O–H groups in total. The average Bonchev–Trinajstić information content (AvgIpc) is 2.40. The highest BCUT2D eigenvalue weighted by Gasteiger charge is 2.05. The Morgan fingerprint density at radius 3 is 2.00 bits per heavy atom. The fourth-order valence-corrected chi connectivity index (χ4v) is 1.36. The lowest BCUT2D eigenvalue weighted by Crippen LogP contribution is -2.27. The first-order valence-electron chi connectivity index (χ1n) is 5.70. The molecule has 0 fully saturated rings. The second kappa shape index (κ2) is 8.98. The van der Waals surface area contributed by atoms with Crippen LogP contribution in [0, 0.1) is 24.1 Å². The first-order valence-corrected chi connectivity index (χ1v) is 5.70. The third kappa shape index (κ3) is 5.84. The molecule has 3 heteroatoms. The van der Waals surface area contributed by atoms with E-state index in [4.69, 9.17) is 9.47 Å². The molecule has 0 aromatic heterocycles. The number of ether oxygens (including phenoxy) is 2. The summed E-state index contributed by atoms with van der Waals surface area (Å²) >= 11 is 0. The van der Waals surface area contributed by atoms with Crippen LogP contribution < -0.4 is 0 Å². The van der Waals surface area contributed by atoms with E-state index in [1.165, 1.54) is 5.56 Å². The van der Waals surface area contributed by atoms with Gasteiger partial charge in [0.15, 0.2) is 13.5 Å². The quantitative estimate of drug-likeness (QED) is 0.565. The molecule has 1 rings (SSSR count). The molecule has 0 saturated carbocycles. The van der Waals surface area contributed by atoms with Gasteiger partial charge in [-0.3, -0.25) is 0 Å². The van der Waals surface area contributed by atoms with E-state index in [-0.39, 0.29) is 0 Å². The van der Waals surface area contributed by atoms with Crippen LogP contribution in [0.15, 0.2) is 30.3 Å². The van der Waals surface area contributed by atoms with E-state index in [1.807, 2.05) is 23.1 Å². The minimum atomic E-state index is 0.390. The predicted molar refractivity (Wildman–Crippen MR) is 70.8 cm³/mol. The van der Waals surface area contributed by atoms with E-state index in [1.54, 1.807) is 13.8 Å². The average molecular weight is 243 g/mol. The Bertz CT molecular complexity index is 424. The zero-order chi connectivity index (χ0) is 13.1. The van der Waals surface area contributed by atoms with Crippen LogP contribution in [0.5, 0.6) is 0 Å². The zero-order valence-corrected chi connectivity index (χ0v) is 10.8. The van der Waals surface area contributed by atoms with Crippen LogP contribution >= 0.6 is 0 Å². The summed E-state index contributed by atoms with van der Waals surface area (Å²) in [5.41, 5.74) is 1.19. The number of benzene rings is 1. The van der Waals surface area contributed by atoms with Gasteiger partial charge in [-0.15, -0.1) is 0 Å². The summed E-state index contributed by atoms with van der Waals surface area (Å²) in [4.78, 5) is 1.98. The van der Waals surface area contributed by atoms with Gasteiger partial charge in [0.1, 0.15) is 12.2 Å². The van der Waals surface area contributed by atoms with Crippen LogP contribution in [0.4, 0.5) is 0 Å². The summed E-state index contributed by atoms with van der Waals surface area (Å²) in [6.07, 6.45) is 5.14. The lowest BCUT2D eigenvalue weighted by molar-refractivity contribution is 0.0218. The summed E-state index contributed by atoms with van der Waals surface area (Å²) in [6.45, 7) is 4.99. The fourth-order valence-electron chi connectivity index (χ4n) is 1.36. The molecule has 94 valence electrons. The fraction of sp³-hybridized carbons (Fsp3) is 0.333. The molecule has 0 atom stereocenters. The van der Waals surface area contributed by atoms with Crippen molar-refractivity contribution >= 4 is 0 Å². The Morgan fingerprint density at radius 1 is 0.944 bits per heavy atom. The van der Waals surface area contributed by atoms with Crippen LogP contribution in [0.3, 0.4) is 0 Å². The van der Waals surface area contributed by atoms with Crippen LogP contribution in [-0.2, 0) is 16.0 Å². The predicted octanol–water partition coefficient (Wildman–Crippen LogP) is 2.40. The molecule has 1 aromatic carbocycles. The van der Waals surface area contributed by atoms with E-state index in [2.05, 4.69) is 36.2 Å². The summed E-state index contributed by atoms with van der Waals surface area (Å²) in [7, 11) is 0. The second-order valence-corrected chi connectivity index (χ2v) is 3.57. The van der Waals surface area contributed by atoms with Crippen molar-refractivity contribution in [3.05, 3.63) is 35.9 Å². The van der Waals surface area contributed by atoms with Gasteiger partial charge in [-0.1, -0.05) is 42.2 Å². The highest BCUT2D eigenvalue weighted by atomic mass is 16.5. The molecular weight excluding hydrogens is 226 g/mol. The maximum Gasteiger partial charge on any atom is 0.156 e. The Hall–Kier alpha value is -2.10. The number of rotatable bonds is 6. The maximum atomic E-state index is 5.18. The Kier molecular flexibility index (Phi) is 6.97. The van der Waals surface area contributed by atoms with Crippen molar-refractivity contribution in [2.45, 2.75) is 20.4 Å². The first kappa shape index (κ1) is 14.0. The van der Waals surface area contributed by atoms with E-state index in [9.17, 15) is 0 Å². The van der Waals surface area contributed by atoms with Crippen molar-refractivity contribution in [2.24, 2.45) is 0 Å². The van der Waals surface area contributed by atoms with Crippen LogP contribution in [0.2, 0.25) is 0 Å². The largest absolute Gasteiger partial charge is 0.430 e. The van der Waals surface area contributed by atoms with E-state index >= 15 is 0 Å². The lowest BCUT2D eigenvalue weighted by Gasteiger charge is -2.19. The summed E-state index contributed by atoms with van der Waals surface area (Å²) in [5.74, 6) is 5.37. The lowest BCUT2D eigenvalue weighted by atomic mass is 10.2. The third-order valence-corrected chi connectivity index (χ3v) is 2.09. The Labute approximate surface area is 109 Å². The number of hydrogen-bond acceptors (Lipinski definition) is 3. The van der Waals surface area contributed by atoms with Gasteiger partial charge in [0.05, 0.1) is 0 Å². The standard InChI is InChI=1S/C15H17NO2/c1-3-10-17-13-16(14-18-11-4-2)12-15-8-6-5-7-9-15/h5-9H,12-14H2,1-2H3.